The summed E-state index contributed by atoms with van der Waals surface area (Å²) in [5, 5.41) is 19.0. The van der Waals surface area contributed by atoms with Crippen molar-refractivity contribution in [1.82, 2.24) is 10.9 Å². The van der Waals surface area contributed by atoms with E-state index < -0.39 is 0 Å². The van der Waals surface area contributed by atoms with Crippen molar-refractivity contribution < 1.29 is 10.2 Å². The molecule has 2 aliphatic rings. The van der Waals surface area contributed by atoms with Crippen LogP contribution < -0.4 is 10.9 Å². The van der Waals surface area contributed by atoms with Crippen molar-refractivity contribution in [1.29, 1.82) is 0 Å². The molecule has 0 saturated heterocycles. The molecule has 1 unspecified atom stereocenters. The summed E-state index contributed by atoms with van der Waals surface area (Å²) in [6.07, 6.45) is 1.89. The van der Waals surface area contributed by atoms with Gasteiger partial charge >= 0.3 is 0 Å². The molecule has 4 heteroatoms. The highest BCUT2D eigenvalue weighted by atomic mass is 16.3. The van der Waals surface area contributed by atoms with Crippen LogP contribution in [0.25, 0.3) is 5.70 Å². The monoisotopic (exact) mass is 280 g/mol. The third-order valence-corrected chi connectivity index (χ3v) is 4.26. The number of aryl methyl sites for hydroxylation is 1. The van der Waals surface area contributed by atoms with Gasteiger partial charge in [0.2, 0.25) is 0 Å². The van der Waals surface area contributed by atoms with Gasteiger partial charge in [0.1, 0.15) is 11.5 Å². The highest BCUT2D eigenvalue weighted by Gasteiger charge is 2.30. The molecule has 1 atom stereocenters. The SMILES string of the molecule is Oc1ccc(C2NNC3=C2CCc2cc(O)ccc23)cc1. The Balaban J connectivity index is 1.76. The van der Waals surface area contributed by atoms with Gasteiger partial charge in [0.05, 0.1) is 11.7 Å². The maximum atomic E-state index is 9.61. The van der Waals surface area contributed by atoms with Gasteiger partial charge in [-0.05, 0) is 59.9 Å². The number of aromatic hydroxyl groups is 2. The van der Waals surface area contributed by atoms with E-state index in [1.165, 1.54) is 11.1 Å². The summed E-state index contributed by atoms with van der Waals surface area (Å²) in [7, 11) is 0. The standard InChI is InChI=1S/C17H16N2O2/c20-12-4-1-10(2-5-12)16-15-7-3-11-9-13(21)6-8-14(11)17(15)19-18-16/h1-2,4-6,8-9,16,18-21H,3,7H2. The molecule has 1 aliphatic heterocycles. The van der Waals surface area contributed by atoms with Crippen molar-refractivity contribution in [2.75, 3.05) is 0 Å². The average molecular weight is 280 g/mol. The van der Waals surface area contributed by atoms with Crippen molar-refractivity contribution in [2.24, 2.45) is 0 Å². The van der Waals surface area contributed by atoms with Gasteiger partial charge in [-0.15, -0.1) is 0 Å². The molecular weight excluding hydrogens is 264 g/mol. The van der Waals surface area contributed by atoms with Crippen LogP contribution in [0.1, 0.15) is 29.2 Å². The Morgan fingerprint density at radius 1 is 0.905 bits per heavy atom. The largest absolute Gasteiger partial charge is 0.508 e. The minimum Gasteiger partial charge on any atom is -0.508 e. The molecule has 4 nitrogen and oxygen atoms in total. The van der Waals surface area contributed by atoms with Gasteiger partial charge in [-0.1, -0.05) is 12.1 Å². The Morgan fingerprint density at radius 2 is 1.67 bits per heavy atom. The van der Waals surface area contributed by atoms with Gasteiger partial charge < -0.3 is 15.6 Å². The van der Waals surface area contributed by atoms with E-state index in [1.807, 2.05) is 24.3 Å². The average Bonchev–Trinajstić information content (AvgIpc) is 2.92. The lowest BCUT2D eigenvalue weighted by Crippen LogP contribution is -2.26. The number of hydrogen-bond acceptors (Lipinski definition) is 4. The van der Waals surface area contributed by atoms with Crippen molar-refractivity contribution in [3.63, 3.8) is 0 Å². The summed E-state index contributed by atoms with van der Waals surface area (Å²) >= 11 is 0. The zero-order valence-corrected chi connectivity index (χ0v) is 11.4. The molecule has 0 saturated carbocycles. The molecule has 106 valence electrons. The Morgan fingerprint density at radius 3 is 2.48 bits per heavy atom. The van der Waals surface area contributed by atoms with Crippen LogP contribution in [0.4, 0.5) is 0 Å². The molecule has 1 heterocycles. The quantitative estimate of drug-likeness (QED) is 0.648. The molecule has 0 bridgehead atoms. The van der Waals surface area contributed by atoms with Crippen molar-refractivity contribution in [2.45, 2.75) is 18.9 Å². The lowest BCUT2D eigenvalue weighted by molar-refractivity contribution is 0.474. The molecule has 0 fully saturated rings. The van der Waals surface area contributed by atoms with Crippen LogP contribution in [0.5, 0.6) is 11.5 Å². The molecule has 4 rings (SSSR count). The normalized spacial score (nSPS) is 19.9. The number of phenolic OH excluding ortho intramolecular Hbond substituents is 2. The topological polar surface area (TPSA) is 64.5 Å². The molecular formula is C17H16N2O2. The summed E-state index contributed by atoms with van der Waals surface area (Å²) < 4.78 is 0. The van der Waals surface area contributed by atoms with Gasteiger partial charge in [0, 0.05) is 5.56 Å². The molecule has 4 N–H and O–H groups in total. The summed E-state index contributed by atoms with van der Waals surface area (Å²) in [6.45, 7) is 0. The molecule has 21 heavy (non-hydrogen) atoms. The highest BCUT2D eigenvalue weighted by Crippen LogP contribution is 2.40. The molecule has 0 aromatic heterocycles. The first-order chi connectivity index (χ1) is 10.2. The molecule has 1 aliphatic carbocycles. The number of rotatable bonds is 1. The van der Waals surface area contributed by atoms with E-state index in [0.717, 1.165) is 29.7 Å². The predicted molar refractivity (Wildman–Crippen MR) is 80.5 cm³/mol. The first-order valence-corrected chi connectivity index (χ1v) is 7.08. The van der Waals surface area contributed by atoms with Crippen LogP contribution in [0.3, 0.4) is 0 Å². The summed E-state index contributed by atoms with van der Waals surface area (Å²) in [5.41, 5.74) is 12.5. The molecule has 0 amide bonds. The van der Waals surface area contributed by atoms with E-state index in [9.17, 15) is 10.2 Å². The number of hydrogen-bond donors (Lipinski definition) is 4. The van der Waals surface area contributed by atoms with Crippen molar-refractivity contribution >= 4 is 5.70 Å². The third kappa shape index (κ3) is 1.96. The van der Waals surface area contributed by atoms with Crippen molar-refractivity contribution in [3.05, 3.63) is 64.7 Å². The Kier molecular flexibility index (Phi) is 2.65. The second-order valence-corrected chi connectivity index (χ2v) is 5.54. The van der Waals surface area contributed by atoms with Gasteiger partial charge in [-0.25, -0.2) is 5.43 Å². The first kappa shape index (κ1) is 12.3. The van der Waals surface area contributed by atoms with Crippen LogP contribution in [-0.2, 0) is 6.42 Å². The fourth-order valence-corrected chi connectivity index (χ4v) is 3.22. The van der Waals surface area contributed by atoms with Gasteiger partial charge in [0.25, 0.3) is 0 Å². The predicted octanol–water partition coefficient (Wildman–Crippen LogP) is 2.60. The van der Waals surface area contributed by atoms with E-state index >= 15 is 0 Å². The number of hydrazine groups is 1. The second-order valence-electron chi connectivity index (χ2n) is 5.54. The van der Waals surface area contributed by atoms with Crippen LogP contribution >= 0.6 is 0 Å². The molecule has 2 aromatic carbocycles. The maximum Gasteiger partial charge on any atom is 0.115 e. The van der Waals surface area contributed by atoms with Gasteiger partial charge in [0.15, 0.2) is 0 Å². The lowest BCUT2D eigenvalue weighted by atomic mass is 9.85. The zero-order chi connectivity index (χ0) is 14.4. The van der Waals surface area contributed by atoms with E-state index in [2.05, 4.69) is 10.9 Å². The van der Waals surface area contributed by atoms with E-state index in [1.54, 1.807) is 18.2 Å². The minimum atomic E-state index is 0.127. The Bertz CT molecular complexity index is 735. The van der Waals surface area contributed by atoms with Crippen molar-refractivity contribution in [3.8, 4) is 11.5 Å². The van der Waals surface area contributed by atoms with E-state index in [-0.39, 0.29) is 11.8 Å². The highest BCUT2D eigenvalue weighted by molar-refractivity contribution is 5.75. The Hall–Kier alpha value is -2.46. The van der Waals surface area contributed by atoms with Crippen LogP contribution in [-0.4, -0.2) is 10.2 Å². The lowest BCUT2D eigenvalue weighted by Gasteiger charge is -2.20. The maximum absolute atomic E-state index is 9.61. The van der Waals surface area contributed by atoms with Gasteiger partial charge in [-0.2, -0.15) is 0 Å². The van der Waals surface area contributed by atoms with Crippen LogP contribution in [0.2, 0.25) is 0 Å². The van der Waals surface area contributed by atoms with Gasteiger partial charge in [-0.3, -0.25) is 0 Å². The molecule has 0 radical (unpaired) electrons. The minimum absolute atomic E-state index is 0.127. The second kappa shape index (κ2) is 4.53. The number of fused-ring (bicyclic) bond motifs is 2. The summed E-state index contributed by atoms with van der Waals surface area (Å²) in [5.74, 6) is 0.599. The first-order valence-electron chi connectivity index (χ1n) is 7.08. The van der Waals surface area contributed by atoms with E-state index in [4.69, 9.17) is 0 Å². The summed E-state index contributed by atoms with van der Waals surface area (Å²) in [6, 6.07) is 13.0. The summed E-state index contributed by atoms with van der Waals surface area (Å²) in [4.78, 5) is 0. The number of benzene rings is 2. The zero-order valence-electron chi connectivity index (χ0n) is 11.4. The van der Waals surface area contributed by atoms with Crippen LogP contribution in [0.15, 0.2) is 48.0 Å². The molecule has 0 spiro atoms. The smallest absolute Gasteiger partial charge is 0.115 e. The Labute approximate surface area is 122 Å². The number of phenols is 2. The third-order valence-electron chi connectivity index (χ3n) is 4.26. The van der Waals surface area contributed by atoms with Crippen LogP contribution in [0, 0.1) is 0 Å². The fourth-order valence-electron chi connectivity index (χ4n) is 3.22. The molecule has 2 aromatic rings. The van der Waals surface area contributed by atoms with E-state index in [0.29, 0.717) is 5.75 Å². The number of nitrogens with one attached hydrogen (secondary N) is 2. The fraction of sp³-hybridized carbons (Fsp3) is 0.176.